The molecule has 0 aliphatic carbocycles. The lowest BCUT2D eigenvalue weighted by molar-refractivity contribution is 0.279. The Morgan fingerprint density at radius 1 is 1.47 bits per heavy atom. The summed E-state index contributed by atoms with van der Waals surface area (Å²) in [6, 6.07) is 0.664. The Morgan fingerprint density at radius 3 is 2.58 bits per heavy atom. The number of rotatable bonds is 4. The number of hydrogen-bond acceptors (Lipinski definition) is 5. The average Bonchev–Trinajstić information content (AvgIpc) is 2.75. The van der Waals surface area contributed by atoms with Gasteiger partial charge >= 0.3 is 0 Å². The van der Waals surface area contributed by atoms with Gasteiger partial charge in [-0.1, -0.05) is 0 Å². The number of sulfonamides is 1. The summed E-state index contributed by atoms with van der Waals surface area (Å²) in [7, 11) is -3.03. The molecule has 1 saturated heterocycles. The summed E-state index contributed by atoms with van der Waals surface area (Å²) < 4.78 is 24.5. The Balaban J connectivity index is 1.88. The molecule has 5 nitrogen and oxygen atoms in total. The lowest BCUT2D eigenvalue weighted by Gasteiger charge is -2.32. The van der Waals surface area contributed by atoms with Crippen molar-refractivity contribution < 1.29 is 8.42 Å². The van der Waals surface area contributed by atoms with E-state index in [4.69, 9.17) is 0 Å². The monoisotopic (exact) mass is 303 g/mol. The third kappa shape index (κ3) is 3.75. The normalized spacial score (nSPS) is 20.6. The molecule has 19 heavy (non-hydrogen) atoms. The SMILES string of the molecule is Cc1ncsc1C(C)NC1CCN(S(C)(=O)=O)CC1. The Labute approximate surface area is 119 Å². The fourth-order valence-electron chi connectivity index (χ4n) is 2.51. The predicted molar refractivity (Wildman–Crippen MR) is 77.8 cm³/mol. The third-order valence-corrected chi connectivity index (χ3v) is 6.00. The second kappa shape index (κ2) is 5.87. The van der Waals surface area contributed by atoms with Crippen LogP contribution in [0.15, 0.2) is 5.51 Å². The van der Waals surface area contributed by atoms with Crippen molar-refractivity contribution in [3.05, 3.63) is 16.1 Å². The van der Waals surface area contributed by atoms with Crippen molar-refractivity contribution in [2.45, 2.75) is 38.8 Å². The molecule has 1 aliphatic rings. The first-order chi connectivity index (χ1) is 8.88. The molecule has 1 aromatic heterocycles. The van der Waals surface area contributed by atoms with Crippen LogP contribution in [0.3, 0.4) is 0 Å². The summed E-state index contributed by atoms with van der Waals surface area (Å²) in [4.78, 5) is 5.54. The number of hydrogen-bond donors (Lipinski definition) is 1. The maximum Gasteiger partial charge on any atom is 0.211 e. The van der Waals surface area contributed by atoms with Crippen LogP contribution >= 0.6 is 11.3 Å². The van der Waals surface area contributed by atoms with Crippen LogP contribution in [0.5, 0.6) is 0 Å². The molecule has 0 spiro atoms. The van der Waals surface area contributed by atoms with E-state index in [2.05, 4.69) is 17.2 Å². The number of aryl methyl sites for hydroxylation is 1. The summed E-state index contributed by atoms with van der Waals surface area (Å²) in [6.45, 7) is 5.40. The lowest BCUT2D eigenvalue weighted by Crippen LogP contribution is -2.45. The van der Waals surface area contributed by atoms with Crippen LogP contribution in [-0.2, 0) is 10.0 Å². The zero-order valence-electron chi connectivity index (χ0n) is 11.6. The van der Waals surface area contributed by atoms with Crippen LogP contribution in [-0.4, -0.2) is 43.1 Å². The zero-order chi connectivity index (χ0) is 14.0. The van der Waals surface area contributed by atoms with Crippen molar-refractivity contribution >= 4 is 21.4 Å². The first-order valence-corrected chi connectivity index (χ1v) is 9.22. The van der Waals surface area contributed by atoms with Gasteiger partial charge in [0.25, 0.3) is 0 Å². The fraction of sp³-hybridized carbons (Fsp3) is 0.750. The molecule has 108 valence electrons. The van der Waals surface area contributed by atoms with E-state index in [-0.39, 0.29) is 6.04 Å². The largest absolute Gasteiger partial charge is 0.307 e. The number of aromatic nitrogens is 1. The van der Waals surface area contributed by atoms with Gasteiger partial charge in [-0.15, -0.1) is 11.3 Å². The summed E-state index contributed by atoms with van der Waals surface area (Å²) in [5.74, 6) is 0. The van der Waals surface area contributed by atoms with Gasteiger partial charge in [0.2, 0.25) is 10.0 Å². The van der Waals surface area contributed by atoms with Crippen molar-refractivity contribution in [2.75, 3.05) is 19.3 Å². The quantitative estimate of drug-likeness (QED) is 0.916. The number of piperidine rings is 1. The van der Waals surface area contributed by atoms with Gasteiger partial charge in [-0.2, -0.15) is 0 Å². The van der Waals surface area contributed by atoms with E-state index in [9.17, 15) is 8.42 Å². The molecule has 2 rings (SSSR count). The minimum Gasteiger partial charge on any atom is -0.307 e. The highest BCUT2D eigenvalue weighted by atomic mass is 32.2. The summed E-state index contributed by atoms with van der Waals surface area (Å²) >= 11 is 1.67. The highest BCUT2D eigenvalue weighted by Gasteiger charge is 2.26. The molecule has 1 atom stereocenters. The molecule has 1 fully saturated rings. The van der Waals surface area contributed by atoms with Crippen LogP contribution < -0.4 is 5.32 Å². The Kier molecular flexibility index (Phi) is 4.60. The molecular formula is C12H21N3O2S2. The molecule has 0 amide bonds. The first kappa shape index (κ1) is 14.9. The number of nitrogens with zero attached hydrogens (tertiary/aromatic N) is 2. The second-order valence-electron chi connectivity index (χ2n) is 5.13. The number of nitrogens with one attached hydrogen (secondary N) is 1. The van der Waals surface area contributed by atoms with Gasteiger partial charge in [0.1, 0.15) is 0 Å². The Bertz CT molecular complexity index is 519. The molecule has 1 N–H and O–H groups in total. The first-order valence-electron chi connectivity index (χ1n) is 6.49. The molecule has 2 heterocycles. The minimum absolute atomic E-state index is 0.280. The average molecular weight is 303 g/mol. The zero-order valence-corrected chi connectivity index (χ0v) is 13.2. The molecule has 7 heteroatoms. The van der Waals surface area contributed by atoms with Crippen molar-refractivity contribution in [1.82, 2.24) is 14.6 Å². The van der Waals surface area contributed by atoms with Gasteiger partial charge in [0, 0.05) is 30.1 Å². The predicted octanol–water partition coefficient (Wildman–Crippen LogP) is 1.53. The molecule has 0 radical (unpaired) electrons. The minimum atomic E-state index is -3.03. The van der Waals surface area contributed by atoms with Crippen molar-refractivity contribution in [1.29, 1.82) is 0 Å². The molecule has 0 saturated carbocycles. The molecule has 0 bridgehead atoms. The van der Waals surface area contributed by atoms with Crippen LogP contribution in [0.25, 0.3) is 0 Å². The molecule has 1 unspecified atom stereocenters. The van der Waals surface area contributed by atoms with E-state index in [1.165, 1.54) is 11.1 Å². The summed E-state index contributed by atoms with van der Waals surface area (Å²) in [6.07, 6.45) is 3.02. The van der Waals surface area contributed by atoms with Gasteiger partial charge in [-0.3, -0.25) is 0 Å². The maximum absolute atomic E-state index is 11.4. The van der Waals surface area contributed by atoms with Gasteiger partial charge in [0.05, 0.1) is 17.5 Å². The van der Waals surface area contributed by atoms with Gasteiger partial charge in [-0.05, 0) is 26.7 Å². The van der Waals surface area contributed by atoms with E-state index in [0.29, 0.717) is 19.1 Å². The topological polar surface area (TPSA) is 62.3 Å². The standard InChI is InChI=1S/C12H21N3O2S2/c1-9-12(18-8-13-9)10(2)14-11-4-6-15(7-5-11)19(3,16)17/h8,10-11,14H,4-7H2,1-3H3. The molecule has 1 aliphatic heterocycles. The van der Waals surface area contributed by atoms with Crippen molar-refractivity contribution in [3.63, 3.8) is 0 Å². The third-order valence-electron chi connectivity index (χ3n) is 3.58. The fourth-order valence-corrected chi connectivity index (χ4v) is 4.20. The van der Waals surface area contributed by atoms with E-state index in [1.807, 2.05) is 12.4 Å². The summed E-state index contributed by atoms with van der Waals surface area (Å²) in [5.41, 5.74) is 2.95. The van der Waals surface area contributed by atoms with E-state index in [0.717, 1.165) is 18.5 Å². The van der Waals surface area contributed by atoms with Crippen LogP contribution in [0.2, 0.25) is 0 Å². The van der Waals surface area contributed by atoms with Gasteiger partial charge < -0.3 is 5.32 Å². The van der Waals surface area contributed by atoms with Crippen molar-refractivity contribution in [3.8, 4) is 0 Å². The summed E-state index contributed by atoms with van der Waals surface area (Å²) in [5, 5.41) is 3.58. The smallest absolute Gasteiger partial charge is 0.211 e. The highest BCUT2D eigenvalue weighted by molar-refractivity contribution is 7.88. The van der Waals surface area contributed by atoms with E-state index in [1.54, 1.807) is 15.6 Å². The van der Waals surface area contributed by atoms with Crippen LogP contribution in [0.1, 0.15) is 36.4 Å². The lowest BCUT2D eigenvalue weighted by atomic mass is 10.1. The van der Waals surface area contributed by atoms with E-state index < -0.39 is 10.0 Å². The second-order valence-corrected chi connectivity index (χ2v) is 8.00. The van der Waals surface area contributed by atoms with Crippen molar-refractivity contribution in [2.24, 2.45) is 0 Å². The van der Waals surface area contributed by atoms with Crippen LogP contribution in [0, 0.1) is 6.92 Å². The van der Waals surface area contributed by atoms with Gasteiger partial charge in [-0.25, -0.2) is 17.7 Å². The van der Waals surface area contributed by atoms with Crippen LogP contribution in [0.4, 0.5) is 0 Å². The maximum atomic E-state index is 11.4. The molecular weight excluding hydrogens is 282 g/mol. The van der Waals surface area contributed by atoms with Gasteiger partial charge in [0.15, 0.2) is 0 Å². The number of thiazole rings is 1. The van der Waals surface area contributed by atoms with E-state index >= 15 is 0 Å². The Hall–Kier alpha value is -0.500. The highest BCUT2D eigenvalue weighted by Crippen LogP contribution is 2.23. The molecule has 0 aromatic carbocycles. The Morgan fingerprint density at radius 2 is 2.11 bits per heavy atom. The molecule has 1 aromatic rings.